The summed E-state index contributed by atoms with van der Waals surface area (Å²) in [4.78, 5) is 10.7. The van der Waals surface area contributed by atoms with Gasteiger partial charge in [-0.25, -0.2) is 4.79 Å². The van der Waals surface area contributed by atoms with Crippen LogP contribution in [0.3, 0.4) is 0 Å². The lowest BCUT2D eigenvalue weighted by Crippen LogP contribution is -2.01. The van der Waals surface area contributed by atoms with Gasteiger partial charge in [-0.2, -0.15) is 0 Å². The molecule has 0 heterocycles. The van der Waals surface area contributed by atoms with E-state index in [1.807, 2.05) is 0 Å². The van der Waals surface area contributed by atoms with E-state index in [2.05, 4.69) is 38.4 Å². The Labute approximate surface area is 130 Å². The van der Waals surface area contributed by atoms with Gasteiger partial charge in [0, 0.05) is 6.08 Å². The van der Waals surface area contributed by atoms with E-state index in [0.717, 1.165) is 22.4 Å². The minimum absolute atomic E-state index is 0.312. The molecule has 0 atom stereocenters. The van der Waals surface area contributed by atoms with Crippen molar-refractivity contribution in [3.8, 4) is 0 Å². The number of ether oxygens (including phenoxy) is 1. The first-order chi connectivity index (χ1) is 8.66. The Morgan fingerprint density at radius 3 is 2.22 bits per heavy atom. The third-order valence-electron chi connectivity index (χ3n) is 2.53. The van der Waals surface area contributed by atoms with E-state index in [4.69, 9.17) is 4.74 Å². The molecule has 0 aromatic rings. The van der Waals surface area contributed by atoms with Crippen molar-refractivity contribution in [2.75, 3.05) is 6.61 Å². The summed E-state index contributed by atoms with van der Waals surface area (Å²) in [6.45, 7) is 3.89. The van der Waals surface area contributed by atoms with Crippen LogP contribution in [0, 0.1) is 0 Å². The van der Waals surface area contributed by atoms with Crippen LogP contribution >= 0.6 is 31.9 Å². The Kier molecular flexibility index (Phi) is 14.1. The van der Waals surface area contributed by atoms with Crippen LogP contribution in [0.2, 0.25) is 6.04 Å². The second-order valence-electron chi connectivity index (χ2n) is 4.10. The van der Waals surface area contributed by atoms with Gasteiger partial charge in [0.1, 0.15) is 0 Å². The number of hydrogen-bond donors (Lipinski definition) is 0. The van der Waals surface area contributed by atoms with E-state index in [-0.39, 0.29) is 5.97 Å². The molecule has 0 saturated heterocycles. The quantitative estimate of drug-likeness (QED) is 0.157. The molecule has 0 aliphatic rings. The highest BCUT2D eigenvalue weighted by Crippen LogP contribution is 2.12. The molecule has 2 nitrogen and oxygen atoms in total. The van der Waals surface area contributed by atoms with Crippen molar-refractivity contribution >= 4 is 47.3 Å². The Balaban J connectivity index is 3.03. The van der Waals surface area contributed by atoms with Crippen molar-refractivity contribution in [2.24, 2.45) is 0 Å². The number of alkyl halides is 2. The summed E-state index contributed by atoms with van der Waals surface area (Å²) >= 11 is 6.99. The number of halogens is 2. The summed E-state index contributed by atoms with van der Waals surface area (Å²) in [7, 11) is 0.975. The molecule has 0 N–H and O–H groups in total. The summed E-state index contributed by atoms with van der Waals surface area (Å²) in [5.74, 6) is -0.312. The summed E-state index contributed by atoms with van der Waals surface area (Å²) in [5.41, 5.74) is 0. The zero-order valence-electron chi connectivity index (χ0n) is 10.8. The molecule has 0 unspecified atom stereocenters. The molecule has 0 bridgehead atoms. The number of carbonyl (C=O) groups excluding carboxylic acids is 1. The van der Waals surface area contributed by atoms with E-state index < -0.39 is 0 Å². The van der Waals surface area contributed by atoms with Crippen LogP contribution in [0.25, 0.3) is 0 Å². The first-order valence-corrected chi connectivity index (χ1v) is 9.59. The fourth-order valence-electron chi connectivity index (χ4n) is 1.55. The zero-order valence-corrected chi connectivity index (χ0v) is 15.0. The molecule has 2 radical (unpaired) electrons. The zero-order chi connectivity index (χ0) is 13.6. The maximum atomic E-state index is 10.7. The average Bonchev–Trinajstić information content (AvgIpc) is 2.35. The Morgan fingerprint density at radius 2 is 1.67 bits per heavy atom. The summed E-state index contributed by atoms with van der Waals surface area (Å²) in [5, 5.41) is 0. The molecule has 0 aliphatic heterocycles. The van der Waals surface area contributed by atoms with Gasteiger partial charge in [-0.1, -0.05) is 83.0 Å². The predicted molar refractivity (Wildman–Crippen MR) is 85.7 cm³/mol. The smallest absolute Gasteiger partial charge is 0.330 e. The number of carbonyl (C=O) groups is 1. The van der Waals surface area contributed by atoms with Crippen LogP contribution in [0.5, 0.6) is 0 Å². The molecule has 0 aliphatic carbocycles. The van der Waals surface area contributed by atoms with Crippen LogP contribution in [0.15, 0.2) is 12.7 Å². The minimum atomic E-state index is -0.312. The molecule has 104 valence electrons. The van der Waals surface area contributed by atoms with E-state index in [1.165, 1.54) is 44.2 Å². The van der Waals surface area contributed by atoms with Gasteiger partial charge in [-0.15, -0.1) is 0 Å². The summed E-state index contributed by atoms with van der Waals surface area (Å²) in [6.07, 6.45) is 9.87. The maximum absolute atomic E-state index is 10.7. The lowest BCUT2D eigenvalue weighted by atomic mass is 10.1. The molecule has 0 rings (SSSR count). The van der Waals surface area contributed by atoms with Crippen molar-refractivity contribution in [1.82, 2.24) is 0 Å². The summed E-state index contributed by atoms with van der Waals surface area (Å²) < 4.78 is 5.41. The largest absolute Gasteiger partial charge is 0.463 e. The minimum Gasteiger partial charge on any atom is -0.463 e. The second kappa shape index (κ2) is 13.8. The van der Waals surface area contributed by atoms with Crippen molar-refractivity contribution in [1.29, 1.82) is 0 Å². The van der Waals surface area contributed by atoms with E-state index in [1.54, 1.807) is 0 Å². The van der Waals surface area contributed by atoms with Gasteiger partial charge in [0.25, 0.3) is 0 Å². The van der Waals surface area contributed by atoms with Crippen LogP contribution in [-0.4, -0.2) is 25.5 Å². The normalized spacial score (nSPS) is 10.6. The van der Waals surface area contributed by atoms with E-state index in [0.29, 0.717) is 9.97 Å². The van der Waals surface area contributed by atoms with Crippen molar-refractivity contribution in [3.05, 3.63) is 12.7 Å². The van der Waals surface area contributed by atoms with Gasteiger partial charge in [-0.3, -0.25) is 0 Å². The Hall–Kier alpha value is 0.387. The molecular formula is C13H22Br2O2Si. The molecule has 0 spiro atoms. The maximum Gasteiger partial charge on any atom is 0.330 e. The highest BCUT2D eigenvalue weighted by Gasteiger charge is 1.99. The van der Waals surface area contributed by atoms with Gasteiger partial charge < -0.3 is 4.74 Å². The highest BCUT2D eigenvalue weighted by molar-refractivity contribution is 9.25. The third-order valence-corrected chi connectivity index (χ3v) is 5.42. The molecule has 0 amide bonds. The molecule has 5 heteroatoms. The first kappa shape index (κ1) is 18.4. The highest BCUT2D eigenvalue weighted by atomic mass is 79.9. The third kappa shape index (κ3) is 14.4. The number of hydrogen-bond acceptors (Lipinski definition) is 2. The van der Waals surface area contributed by atoms with E-state index in [9.17, 15) is 4.79 Å². The van der Waals surface area contributed by atoms with Gasteiger partial charge in [0.15, 0.2) is 0 Å². The van der Waals surface area contributed by atoms with Crippen LogP contribution in [0.4, 0.5) is 0 Å². The summed E-state index contributed by atoms with van der Waals surface area (Å²) in [6, 6.07) is 1.32. The van der Waals surface area contributed by atoms with Gasteiger partial charge >= 0.3 is 5.97 Å². The first-order valence-electron chi connectivity index (χ1n) is 6.47. The van der Waals surface area contributed by atoms with Gasteiger partial charge in [0.05, 0.1) is 19.5 Å². The lowest BCUT2D eigenvalue weighted by Gasteiger charge is -2.03. The number of unbranched alkanes of at least 4 members (excludes halogenated alkanes) is 6. The van der Waals surface area contributed by atoms with Gasteiger partial charge in [0.2, 0.25) is 0 Å². The molecular weight excluding hydrogens is 376 g/mol. The average molecular weight is 398 g/mol. The number of esters is 1. The molecule has 0 saturated carbocycles. The molecule has 18 heavy (non-hydrogen) atoms. The predicted octanol–water partition coefficient (Wildman–Crippen LogP) is 4.64. The SMILES string of the molecule is C=CC(=O)OCCCCCCCCC[Si]C(Br)Br. The number of rotatable bonds is 12. The van der Waals surface area contributed by atoms with Crippen LogP contribution < -0.4 is 0 Å². The fourth-order valence-corrected chi connectivity index (χ4v) is 3.60. The molecule has 0 fully saturated rings. The van der Waals surface area contributed by atoms with E-state index >= 15 is 0 Å². The monoisotopic (exact) mass is 396 g/mol. The van der Waals surface area contributed by atoms with Gasteiger partial charge in [-0.05, 0) is 6.42 Å². The Morgan fingerprint density at radius 1 is 1.11 bits per heavy atom. The van der Waals surface area contributed by atoms with Crippen LogP contribution in [0.1, 0.15) is 44.9 Å². The standard InChI is InChI=1S/C13H22Br2O2Si/c1-2-12(16)17-10-8-6-4-3-5-7-9-11-18-13(14)15/h2,13H,1,3-11H2. The molecule has 0 aromatic carbocycles. The fraction of sp³-hybridized carbons (Fsp3) is 0.769. The second-order valence-corrected chi connectivity index (χ2v) is 10.3. The molecule has 0 aromatic heterocycles. The van der Waals surface area contributed by atoms with Crippen molar-refractivity contribution < 1.29 is 9.53 Å². The van der Waals surface area contributed by atoms with Crippen LogP contribution in [-0.2, 0) is 9.53 Å². The Bertz CT molecular complexity index is 223. The topological polar surface area (TPSA) is 26.3 Å². The van der Waals surface area contributed by atoms with Crippen molar-refractivity contribution in [3.63, 3.8) is 0 Å². The lowest BCUT2D eigenvalue weighted by molar-refractivity contribution is -0.137. The van der Waals surface area contributed by atoms with Crippen molar-refractivity contribution in [2.45, 2.75) is 54.3 Å².